The second kappa shape index (κ2) is 7.63. The molecule has 0 bridgehead atoms. The van der Waals surface area contributed by atoms with Crippen LogP contribution in [0.3, 0.4) is 0 Å². The third-order valence-electron chi connectivity index (χ3n) is 3.11. The summed E-state index contributed by atoms with van der Waals surface area (Å²) in [5, 5.41) is 0. The number of ether oxygens (including phenoxy) is 3. The van der Waals surface area contributed by atoms with Gasteiger partial charge in [0.25, 0.3) is 0 Å². The molecule has 4 nitrogen and oxygen atoms in total. The van der Waals surface area contributed by atoms with Crippen LogP contribution in [0, 0.1) is 11.8 Å². The van der Waals surface area contributed by atoms with E-state index in [1.807, 2.05) is 0 Å². The van der Waals surface area contributed by atoms with Gasteiger partial charge in [0.1, 0.15) is 6.61 Å². The fourth-order valence-corrected chi connectivity index (χ4v) is 2.14. The lowest BCUT2D eigenvalue weighted by Crippen LogP contribution is -2.26. The zero-order valence-corrected chi connectivity index (χ0v) is 10.2. The molecular formula is C12H22O4. The Morgan fingerprint density at radius 3 is 2.31 bits per heavy atom. The maximum Gasteiger partial charge on any atom is 0.309 e. The van der Waals surface area contributed by atoms with Crippen molar-refractivity contribution in [2.45, 2.75) is 25.7 Å². The van der Waals surface area contributed by atoms with E-state index < -0.39 is 0 Å². The minimum absolute atomic E-state index is 0.0621. The number of carbonyl (C=O) groups is 1. The van der Waals surface area contributed by atoms with Crippen molar-refractivity contribution in [3.05, 3.63) is 0 Å². The van der Waals surface area contributed by atoms with Crippen molar-refractivity contribution in [3.8, 4) is 0 Å². The van der Waals surface area contributed by atoms with Crippen molar-refractivity contribution in [2.75, 3.05) is 34.0 Å². The molecule has 0 amide bonds. The molecule has 4 heteroatoms. The first kappa shape index (κ1) is 13.5. The Morgan fingerprint density at radius 1 is 1.06 bits per heavy atom. The third kappa shape index (κ3) is 4.49. The first-order valence-corrected chi connectivity index (χ1v) is 5.92. The lowest BCUT2D eigenvalue weighted by molar-refractivity contribution is -0.151. The molecule has 0 atom stereocenters. The Kier molecular flexibility index (Phi) is 6.42. The molecule has 0 saturated heterocycles. The molecule has 16 heavy (non-hydrogen) atoms. The maximum atomic E-state index is 11.6. The van der Waals surface area contributed by atoms with Gasteiger partial charge < -0.3 is 14.2 Å². The first-order chi connectivity index (χ1) is 7.77. The molecule has 0 unspecified atom stereocenters. The Hall–Kier alpha value is -0.610. The zero-order valence-electron chi connectivity index (χ0n) is 10.2. The van der Waals surface area contributed by atoms with Gasteiger partial charge >= 0.3 is 5.97 Å². The summed E-state index contributed by atoms with van der Waals surface area (Å²) >= 11 is 0. The highest BCUT2D eigenvalue weighted by atomic mass is 16.6. The maximum absolute atomic E-state index is 11.6. The van der Waals surface area contributed by atoms with E-state index in [-0.39, 0.29) is 11.9 Å². The third-order valence-corrected chi connectivity index (χ3v) is 3.11. The van der Waals surface area contributed by atoms with Gasteiger partial charge in [-0.3, -0.25) is 4.79 Å². The van der Waals surface area contributed by atoms with Crippen LogP contribution in [0.1, 0.15) is 25.7 Å². The van der Waals surface area contributed by atoms with Gasteiger partial charge in [-0.05, 0) is 31.6 Å². The summed E-state index contributed by atoms with van der Waals surface area (Å²) in [6.45, 7) is 1.66. The minimum atomic E-state index is -0.0621. The van der Waals surface area contributed by atoms with Crippen molar-refractivity contribution < 1.29 is 19.0 Å². The van der Waals surface area contributed by atoms with E-state index in [1.165, 1.54) is 0 Å². The van der Waals surface area contributed by atoms with E-state index in [2.05, 4.69) is 0 Å². The number of hydrogen-bond donors (Lipinski definition) is 0. The summed E-state index contributed by atoms with van der Waals surface area (Å²) in [5.74, 6) is 0.644. The van der Waals surface area contributed by atoms with Gasteiger partial charge in [-0.2, -0.15) is 0 Å². The van der Waals surface area contributed by atoms with Gasteiger partial charge in [0.2, 0.25) is 0 Å². The topological polar surface area (TPSA) is 44.8 Å². The van der Waals surface area contributed by atoms with Gasteiger partial charge in [0.15, 0.2) is 0 Å². The standard InChI is InChI=1S/C12H22O4/c1-14-7-8-16-12(13)11-5-3-10(4-6-11)9-15-2/h10-11H,3-9H2,1-2H3. The van der Waals surface area contributed by atoms with Gasteiger partial charge in [-0.25, -0.2) is 0 Å². The minimum Gasteiger partial charge on any atom is -0.463 e. The zero-order chi connectivity index (χ0) is 11.8. The molecule has 1 aliphatic carbocycles. The van der Waals surface area contributed by atoms with Crippen LogP contribution in [-0.2, 0) is 19.0 Å². The molecule has 0 N–H and O–H groups in total. The summed E-state index contributed by atoms with van der Waals surface area (Å²) in [6.07, 6.45) is 4.00. The first-order valence-electron chi connectivity index (χ1n) is 5.92. The molecule has 1 rings (SSSR count). The Bertz CT molecular complexity index is 197. The van der Waals surface area contributed by atoms with Crippen LogP contribution in [0.25, 0.3) is 0 Å². The van der Waals surface area contributed by atoms with Gasteiger partial charge in [0.05, 0.1) is 12.5 Å². The highest BCUT2D eigenvalue weighted by molar-refractivity contribution is 5.72. The molecule has 0 aromatic rings. The average Bonchev–Trinajstić information content (AvgIpc) is 2.30. The van der Waals surface area contributed by atoms with Crippen LogP contribution < -0.4 is 0 Å². The summed E-state index contributed by atoms with van der Waals surface area (Å²) < 4.78 is 15.1. The Balaban J connectivity index is 2.17. The van der Waals surface area contributed by atoms with Crippen molar-refractivity contribution in [1.82, 2.24) is 0 Å². The van der Waals surface area contributed by atoms with E-state index >= 15 is 0 Å². The van der Waals surface area contributed by atoms with Gasteiger partial charge in [-0.1, -0.05) is 0 Å². The lowest BCUT2D eigenvalue weighted by atomic mass is 9.82. The largest absolute Gasteiger partial charge is 0.463 e. The predicted octanol–water partition coefficient (Wildman–Crippen LogP) is 1.63. The highest BCUT2D eigenvalue weighted by Gasteiger charge is 2.27. The lowest BCUT2D eigenvalue weighted by Gasteiger charge is -2.26. The fourth-order valence-electron chi connectivity index (χ4n) is 2.14. The molecule has 1 saturated carbocycles. The van der Waals surface area contributed by atoms with Crippen LogP contribution in [0.4, 0.5) is 0 Å². The number of hydrogen-bond acceptors (Lipinski definition) is 4. The predicted molar refractivity (Wildman–Crippen MR) is 60.2 cm³/mol. The summed E-state index contributed by atoms with van der Waals surface area (Å²) in [6, 6.07) is 0. The van der Waals surface area contributed by atoms with Crippen molar-refractivity contribution in [1.29, 1.82) is 0 Å². The van der Waals surface area contributed by atoms with Crippen molar-refractivity contribution in [2.24, 2.45) is 11.8 Å². The van der Waals surface area contributed by atoms with Crippen LogP contribution >= 0.6 is 0 Å². The second-order valence-electron chi connectivity index (χ2n) is 4.33. The SMILES string of the molecule is COCCOC(=O)C1CCC(COC)CC1. The molecule has 1 fully saturated rings. The summed E-state index contributed by atoms with van der Waals surface area (Å²) in [4.78, 5) is 11.6. The van der Waals surface area contributed by atoms with Crippen molar-refractivity contribution in [3.63, 3.8) is 0 Å². The molecule has 0 heterocycles. The molecule has 0 aromatic heterocycles. The van der Waals surface area contributed by atoms with Crippen LogP contribution in [0.2, 0.25) is 0 Å². The van der Waals surface area contributed by atoms with Gasteiger partial charge in [-0.15, -0.1) is 0 Å². The molecule has 0 spiro atoms. The number of carbonyl (C=O) groups excluding carboxylic acids is 1. The van der Waals surface area contributed by atoms with Crippen LogP contribution in [-0.4, -0.2) is 40.0 Å². The second-order valence-corrected chi connectivity index (χ2v) is 4.33. The molecule has 1 aliphatic rings. The van der Waals surface area contributed by atoms with Crippen molar-refractivity contribution >= 4 is 5.97 Å². The molecular weight excluding hydrogens is 208 g/mol. The van der Waals surface area contributed by atoms with E-state index in [9.17, 15) is 4.79 Å². The van der Waals surface area contributed by atoms with Crippen LogP contribution in [0.5, 0.6) is 0 Å². The van der Waals surface area contributed by atoms with Crippen LogP contribution in [0.15, 0.2) is 0 Å². The highest BCUT2D eigenvalue weighted by Crippen LogP contribution is 2.29. The normalized spacial score (nSPS) is 25.4. The quantitative estimate of drug-likeness (QED) is 0.514. The molecule has 94 valence electrons. The van der Waals surface area contributed by atoms with E-state index in [4.69, 9.17) is 14.2 Å². The van der Waals surface area contributed by atoms with E-state index in [1.54, 1.807) is 14.2 Å². The Morgan fingerprint density at radius 2 is 1.75 bits per heavy atom. The number of methoxy groups -OCH3 is 2. The fraction of sp³-hybridized carbons (Fsp3) is 0.917. The molecule has 0 aliphatic heterocycles. The average molecular weight is 230 g/mol. The number of esters is 1. The molecule has 0 radical (unpaired) electrons. The monoisotopic (exact) mass is 230 g/mol. The van der Waals surface area contributed by atoms with E-state index in [0.29, 0.717) is 19.1 Å². The molecule has 0 aromatic carbocycles. The summed E-state index contributed by atoms with van der Waals surface area (Å²) in [7, 11) is 3.33. The Labute approximate surface area is 97.2 Å². The number of rotatable bonds is 6. The summed E-state index contributed by atoms with van der Waals surface area (Å²) in [5.41, 5.74) is 0. The van der Waals surface area contributed by atoms with E-state index in [0.717, 1.165) is 32.3 Å². The smallest absolute Gasteiger partial charge is 0.309 e. The van der Waals surface area contributed by atoms with Gasteiger partial charge in [0, 0.05) is 20.8 Å².